The maximum Gasteiger partial charge on any atom is 0.273 e. The van der Waals surface area contributed by atoms with E-state index in [2.05, 4.69) is 15.6 Å². The van der Waals surface area contributed by atoms with Crippen molar-refractivity contribution < 1.29 is 17.9 Å². The van der Waals surface area contributed by atoms with E-state index in [9.17, 15) is 13.2 Å². The Balaban J connectivity index is 2.02. The molecule has 3 N–H and O–H groups in total. The van der Waals surface area contributed by atoms with Gasteiger partial charge in [-0.25, -0.2) is 13.1 Å². The molecule has 0 spiro atoms. The van der Waals surface area contributed by atoms with Gasteiger partial charge in [0.15, 0.2) is 21.3 Å². The second-order valence-electron chi connectivity index (χ2n) is 6.13. The summed E-state index contributed by atoms with van der Waals surface area (Å²) in [6.07, 6.45) is 1.05. The van der Waals surface area contributed by atoms with Crippen molar-refractivity contribution in [3.05, 3.63) is 46.1 Å². The van der Waals surface area contributed by atoms with Crippen LogP contribution >= 0.6 is 0 Å². The van der Waals surface area contributed by atoms with Gasteiger partial charge in [-0.15, -0.1) is 5.10 Å². The van der Waals surface area contributed by atoms with E-state index in [4.69, 9.17) is 10.5 Å². The maximum atomic E-state index is 12.9. The molecule has 0 aliphatic carbocycles. The van der Waals surface area contributed by atoms with Gasteiger partial charge in [0.2, 0.25) is 0 Å². The molecule has 4 rings (SSSR count). The molecule has 9 nitrogen and oxygen atoms in total. The Morgan fingerprint density at radius 2 is 2.15 bits per heavy atom. The molecule has 0 saturated heterocycles. The number of hydrogen-bond donors (Lipinski definition) is 2. The molecule has 26 heavy (non-hydrogen) atoms. The smallest absolute Gasteiger partial charge is 0.273 e. The molecule has 0 bridgehead atoms. The van der Waals surface area contributed by atoms with Gasteiger partial charge in [0, 0.05) is 11.3 Å². The van der Waals surface area contributed by atoms with E-state index in [0.29, 0.717) is 35.7 Å². The third kappa shape index (κ3) is 2.37. The Morgan fingerprint density at radius 1 is 1.38 bits per heavy atom. The zero-order valence-electron chi connectivity index (χ0n) is 14.0. The molecule has 2 aromatic rings. The highest BCUT2D eigenvalue weighted by molar-refractivity contribution is 7.95. The van der Waals surface area contributed by atoms with Crippen LogP contribution in [0.25, 0.3) is 0 Å². The number of aromatic nitrogens is 3. The van der Waals surface area contributed by atoms with E-state index in [-0.39, 0.29) is 16.4 Å². The van der Waals surface area contributed by atoms with Crippen LogP contribution in [0.2, 0.25) is 0 Å². The molecule has 2 aliphatic heterocycles. The Morgan fingerprint density at radius 3 is 2.88 bits per heavy atom. The average Bonchev–Trinajstić information content (AvgIpc) is 3.03. The average molecular weight is 375 g/mol. The molecule has 0 saturated carbocycles. The quantitative estimate of drug-likeness (QED) is 0.812. The van der Waals surface area contributed by atoms with Crippen LogP contribution in [0, 0.1) is 0 Å². The Bertz CT molecular complexity index is 1040. The van der Waals surface area contributed by atoms with Gasteiger partial charge < -0.3 is 15.8 Å². The number of primary amides is 1. The lowest BCUT2D eigenvalue weighted by Gasteiger charge is -2.33. The van der Waals surface area contributed by atoms with Crippen LogP contribution in [0.1, 0.15) is 34.9 Å². The summed E-state index contributed by atoms with van der Waals surface area (Å²) in [7, 11) is -1.99. The Hall–Kier alpha value is -2.88. The van der Waals surface area contributed by atoms with Crippen LogP contribution < -0.4 is 15.8 Å². The number of rotatable bonds is 3. The van der Waals surface area contributed by atoms with Gasteiger partial charge in [-0.2, -0.15) is 0 Å². The zero-order valence-corrected chi connectivity index (χ0v) is 14.8. The number of hydrogen-bond acceptors (Lipinski definition) is 7. The van der Waals surface area contributed by atoms with Gasteiger partial charge in [-0.05, 0) is 18.9 Å². The Kier molecular flexibility index (Phi) is 3.72. The van der Waals surface area contributed by atoms with Gasteiger partial charge in [0.25, 0.3) is 5.91 Å². The number of benzene rings is 1. The molecule has 136 valence electrons. The molecular weight excluding hydrogens is 358 g/mol. The summed E-state index contributed by atoms with van der Waals surface area (Å²) in [4.78, 5) is 11.9. The zero-order chi connectivity index (χ0) is 18.5. The summed E-state index contributed by atoms with van der Waals surface area (Å²) in [5.74, 6) is 0.143. The monoisotopic (exact) mass is 375 g/mol. The number of para-hydroxylation sites is 1. The van der Waals surface area contributed by atoms with Crippen LogP contribution in [0.15, 0.2) is 34.9 Å². The highest BCUT2D eigenvalue weighted by atomic mass is 32.2. The van der Waals surface area contributed by atoms with Gasteiger partial charge in [-0.3, -0.25) is 4.79 Å². The molecular formula is C16H17N5O4S. The number of allylic oxidation sites excluding steroid dienone is 2. The molecule has 2 aliphatic rings. The number of carbonyl (C=O) groups excluding carboxylic acids is 1. The first-order valence-electron chi connectivity index (χ1n) is 8.04. The highest BCUT2D eigenvalue weighted by Crippen LogP contribution is 2.44. The second-order valence-corrected chi connectivity index (χ2v) is 8.21. The number of nitrogens with one attached hydrogen (secondary N) is 1. The van der Waals surface area contributed by atoms with Crippen molar-refractivity contribution in [3.8, 4) is 5.75 Å². The van der Waals surface area contributed by atoms with Crippen molar-refractivity contribution in [2.75, 3.05) is 18.2 Å². The van der Waals surface area contributed by atoms with Gasteiger partial charge in [0.05, 0.1) is 17.8 Å². The molecule has 0 fully saturated rings. The van der Waals surface area contributed by atoms with Crippen molar-refractivity contribution in [3.63, 3.8) is 0 Å². The van der Waals surface area contributed by atoms with E-state index in [1.807, 2.05) is 0 Å². The largest absolute Gasteiger partial charge is 0.496 e. The molecule has 10 heteroatoms. The third-order valence-electron chi connectivity index (χ3n) is 4.60. The maximum absolute atomic E-state index is 12.9. The number of amides is 1. The highest BCUT2D eigenvalue weighted by Gasteiger charge is 2.42. The lowest BCUT2D eigenvalue weighted by atomic mass is 10.0. The minimum atomic E-state index is -3.50. The normalized spacial score (nSPS) is 20.7. The number of nitrogens with zero attached hydrogens (tertiary/aromatic N) is 3. The first kappa shape index (κ1) is 16.6. The SMILES string of the molecule is COc1ccccc1C1C2=C(CCCS2(=O)=O)Nc2c(C(N)=O)nnn21. The van der Waals surface area contributed by atoms with Crippen LogP contribution in [0.4, 0.5) is 5.82 Å². The third-order valence-corrected chi connectivity index (χ3v) is 6.56. The number of fused-ring (bicyclic) bond motifs is 1. The standard InChI is InChI=1S/C16H17N5O4S/c1-25-11-7-3-2-5-9(11)13-14-10(6-4-8-26(14,23)24)18-16-12(15(17)22)19-20-21(13)16/h2-3,5,7,13,18H,4,6,8H2,1H3,(H2,17,22). The van der Waals surface area contributed by atoms with Crippen LogP contribution in [-0.2, 0) is 9.84 Å². The van der Waals surface area contributed by atoms with Gasteiger partial charge in [-0.1, -0.05) is 23.4 Å². The van der Waals surface area contributed by atoms with Crippen molar-refractivity contribution in [1.29, 1.82) is 0 Å². The fourth-order valence-corrected chi connectivity index (χ4v) is 5.33. The van der Waals surface area contributed by atoms with Gasteiger partial charge >= 0.3 is 0 Å². The van der Waals surface area contributed by atoms with Crippen molar-refractivity contribution in [1.82, 2.24) is 15.0 Å². The van der Waals surface area contributed by atoms with E-state index in [1.165, 1.54) is 11.8 Å². The first-order chi connectivity index (χ1) is 12.4. The molecule has 0 radical (unpaired) electrons. The van der Waals surface area contributed by atoms with Gasteiger partial charge in [0.1, 0.15) is 11.8 Å². The minimum Gasteiger partial charge on any atom is -0.496 e. The molecule has 3 heterocycles. The summed E-state index contributed by atoms with van der Waals surface area (Å²) in [6, 6.07) is 6.34. The number of ether oxygens (including phenoxy) is 1. The Labute approximate surface area is 149 Å². The summed E-state index contributed by atoms with van der Waals surface area (Å²) >= 11 is 0. The number of methoxy groups -OCH3 is 1. The number of sulfone groups is 1. The van der Waals surface area contributed by atoms with Crippen molar-refractivity contribution in [2.24, 2.45) is 5.73 Å². The van der Waals surface area contributed by atoms with E-state index >= 15 is 0 Å². The van der Waals surface area contributed by atoms with Crippen molar-refractivity contribution in [2.45, 2.75) is 18.9 Å². The van der Waals surface area contributed by atoms with Crippen LogP contribution in [0.5, 0.6) is 5.75 Å². The lowest BCUT2D eigenvalue weighted by molar-refractivity contribution is 0.0996. The first-order valence-corrected chi connectivity index (χ1v) is 9.70. The minimum absolute atomic E-state index is 0.0283. The molecule has 1 aromatic heterocycles. The fraction of sp³-hybridized carbons (Fsp3) is 0.312. The summed E-state index contributed by atoms with van der Waals surface area (Å²) in [5.41, 5.74) is 6.53. The number of carbonyl (C=O) groups is 1. The summed E-state index contributed by atoms with van der Waals surface area (Å²) in [5, 5.41) is 10.9. The molecule has 1 atom stereocenters. The van der Waals surface area contributed by atoms with Crippen LogP contribution in [0.3, 0.4) is 0 Å². The number of nitrogens with two attached hydrogens (primary N) is 1. The molecule has 1 unspecified atom stereocenters. The second kappa shape index (κ2) is 5.84. The molecule has 1 amide bonds. The fourth-order valence-electron chi connectivity index (χ4n) is 3.50. The van der Waals surface area contributed by atoms with E-state index in [1.54, 1.807) is 24.3 Å². The lowest BCUT2D eigenvalue weighted by Crippen LogP contribution is -2.33. The van der Waals surface area contributed by atoms with E-state index in [0.717, 1.165) is 0 Å². The van der Waals surface area contributed by atoms with Crippen LogP contribution in [-0.4, -0.2) is 42.2 Å². The predicted molar refractivity (Wildman–Crippen MR) is 93.3 cm³/mol. The topological polar surface area (TPSA) is 129 Å². The van der Waals surface area contributed by atoms with Crippen molar-refractivity contribution >= 4 is 21.6 Å². The molecule has 1 aromatic carbocycles. The summed E-state index contributed by atoms with van der Waals surface area (Å²) in [6.45, 7) is 0. The van der Waals surface area contributed by atoms with E-state index < -0.39 is 21.8 Å². The predicted octanol–water partition coefficient (Wildman–Crippen LogP) is 0.821. The number of anilines is 1. The summed E-state index contributed by atoms with van der Waals surface area (Å²) < 4.78 is 32.5.